The van der Waals surface area contributed by atoms with Gasteiger partial charge in [-0.1, -0.05) is 6.07 Å². The molecule has 6 heteroatoms. The third kappa shape index (κ3) is 3.67. The second-order valence-corrected chi connectivity index (χ2v) is 3.54. The summed E-state index contributed by atoms with van der Waals surface area (Å²) in [5.74, 6) is -0.651. The van der Waals surface area contributed by atoms with Crippen molar-refractivity contribution in [3.63, 3.8) is 0 Å². The van der Waals surface area contributed by atoms with Crippen molar-refractivity contribution in [3.05, 3.63) is 23.8 Å². The number of hydrogen-bond acceptors (Lipinski definition) is 4. The zero-order valence-electron chi connectivity index (χ0n) is 9.62. The van der Waals surface area contributed by atoms with Gasteiger partial charge in [-0.2, -0.15) is 0 Å². The molecule has 0 atom stereocenters. The molecule has 17 heavy (non-hydrogen) atoms. The second kappa shape index (κ2) is 5.74. The summed E-state index contributed by atoms with van der Waals surface area (Å²) >= 11 is 0. The number of nitrogens with one attached hydrogen (secondary N) is 2. The molecule has 0 spiro atoms. The fourth-order valence-electron chi connectivity index (χ4n) is 1.40. The predicted molar refractivity (Wildman–Crippen MR) is 66.5 cm³/mol. The van der Waals surface area contributed by atoms with Crippen molar-refractivity contribution >= 4 is 23.2 Å². The molecule has 0 aliphatic heterocycles. The fourth-order valence-corrected chi connectivity index (χ4v) is 1.40. The van der Waals surface area contributed by atoms with Crippen molar-refractivity contribution in [2.45, 2.75) is 6.92 Å². The summed E-state index contributed by atoms with van der Waals surface area (Å²) in [5.41, 5.74) is 12.3. The van der Waals surface area contributed by atoms with Crippen molar-refractivity contribution in [3.8, 4) is 0 Å². The molecule has 6 N–H and O–H groups in total. The number of primary amides is 1. The molecule has 0 aliphatic carbocycles. The molecule has 0 heterocycles. The molecular weight excluding hydrogens is 220 g/mol. The molecule has 1 aromatic rings. The molecule has 92 valence electrons. The Labute approximate surface area is 99.4 Å². The highest BCUT2D eigenvalue weighted by atomic mass is 16.1. The average molecular weight is 236 g/mol. The van der Waals surface area contributed by atoms with Crippen molar-refractivity contribution in [1.29, 1.82) is 0 Å². The van der Waals surface area contributed by atoms with Gasteiger partial charge in [0.05, 0.1) is 16.9 Å². The van der Waals surface area contributed by atoms with Crippen molar-refractivity contribution in [2.75, 3.05) is 24.1 Å². The Kier molecular flexibility index (Phi) is 4.33. The minimum Gasteiger partial charge on any atom is -0.397 e. The lowest BCUT2D eigenvalue weighted by atomic mass is 10.1. The highest BCUT2D eigenvalue weighted by Gasteiger charge is 2.09. The molecule has 0 saturated carbocycles. The Hall–Kier alpha value is -2.24. The summed E-state index contributed by atoms with van der Waals surface area (Å²) in [6, 6.07) is 4.93. The van der Waals surface area contributed by atoms with Crippen LogP contribution in [0.5, 0.6) is 0 Å². The van der Waals surface area contributed by atoms with E-state index in [1.165, 1.54) is 6.92 Å². The van der Waals surface area contributed by atoms with Crippen LogP contribution in [-0.2, 0) is 4.79 Å². The highest BCUT2D eigenvalue weighted by molar-refractivity contribution is 6.01. The Morgan fingerprint density at radius 1 is 1.29 bits per heavy atom. The molecular formula is C11H16N4O2. The molecule has 0 bridgehead atoms. The minimum absolute atomic E-state index is 0.108. The number of para-hydroxylation sites is 1. The monoisotopic (exact) mass is 236 g/mol. The summed E-state index contributed by atoms with van der Waals surface area (Å²) in [4.78, 5) is 21.8. The fraction of sp³-hybridized carbons (Fsp3) is 0.273. The molecule has 1 aromatic carbocycles. The van der Waals surface area contributed by atoms with Crippen LogP contribution >= 0.6 is 0 Å². The van der Waals surface area contributed by atoms with Crippen molar-refractivity contribution < 1.29 is 9.59 Å². The number of amides is 2. The van der Waals surface area contributed by atoms with E-state index in [1.54, 1.807) is 18.2 Å². The number of rotatable bonds is 5. The van der Waals surface area contributed by atoms with Crippen molar-refractivity contribution in [1.82, 2.24) is 5.32 Å². The lowest BCUT2D eigenvalue weighted by molar-refractivity contribution is -0.118. The average Bonchev–Trinajstić information content (AvgIpc) is 2.25. The van der Waals surface area contributed by atoms with Crippen LogP contribution in [0.25, 0.3) is 0 Å². The van der Waals surface area contributed by atoms with Crippen LogP contribution in [0.1, 0.15) is 17.3 Å². The number of hydrogen-bond donors (Lipinski definition) is 4. The molecule has 0 aliphatic rings. The second-order valence-electron chi connectivity index (χ2n) is 3.54. The smallest absolute Gasteiger partial charge is 0.250 e. The first-order valence-electron chi connectivity index (χ1n) is 5.19. The highest BCUT2D eigenvalue weighted by Crippen LogP contribution is 2.22. The third-order valence-electron chi connectivity index (χ3n) is 2.16. The topological polar surface area (TPSA) is 110 Å². The number of anilines is 2. The van der Waals surface area contributed by atoms with Gasteiger partial charge in [-0.15, -0.1) is 0 Å². The number of carbonyl (C=O) groups excluding carboxylic acids is 2. The molecule has 1 rings (SSSR count). The predicted octanol–water partition coefficient (Wildman–Crippen LogP) is -0.0843. The summed E-state index contributed by atoms with van der Waals surface area (Å²) in [6.45, 7) is 2.35. The SMILES string of the molecule is CC(=O)NCCNc1c(N)cccc1C(N)=O. The van der Waals surface area contributed by atoms with E-state index in [-0.39, 0.29) is 5.91 Å². The molecule has 0 radical (unpaired) electrons. The zero-order chi connectivity index (χ0) is 12.8. The number of carbonyl (C=O) groups is 2. The van der Waals surface area contributed by atoms with Crippen LogP contribution in [0.4, 0.5) is 11.4 Å². The molecule has 6 nitrogen and oxygen atoms in total. The van der Waals surface area contributed by atoms with Gasteiger partial charge in [0.1, 0.15) is 0 Å². The van der Waals surface area contributed by atoms with E-state index in [4.69, 9.17) is 11.5 Å². The van der Waals surface area contributed by atoms with Gasteiger partial charge in [-0.25, -0.2) is 0 Å². The maximum absolute atomic E-state index is 11.2. The van der Waals surface area contributed by atoms with E-state index in [0.29, 0.717) is 30.0 Å². The normalized spacial score (nSPS) is 9.71. The Morgan fingerprint density at radius 3 is 2.59 bits per heavy atom. The Balaban J connectivity index is 2.69. The van der Waals surface area contributed by atoms with Gasteiger partial charge in [0.2, 0.25) is 5.91 Å². The Morgan fingerprint density at radius 2 is 2.00 bits per heavy atom. The maximum Gasteiger partial charge on any atom is 0.250 e. The van der Waals surface area contributed by atoms with Gasteiger partial charge in [-0.3, -0.25) is 9.59 Å². The first kappa shape index (κ1) is 12.8. The van der Waals surface area contributed by atoms with Crippen LogP contribution in [0, 0.1) is 0 Å². The lowest BCUT2D eigenvalue weighted by Gasteiger charge is -2.12. The third-order valence-corrected chi connectivity index (χ3v) is 2.16. The molecule has 0 saturated heterocycles. The van der Waals surface area contributed by atoms with E-state index < -0.39 is 5.91 Å². The quantitative estimate of drug-likeness (QED) is 0.423. The van der Waals surface area contributed by atoms with E-state index in [0.717, 1.165) is 0 Å². The lowest BCUT2D eigenvalue weighted by Crippen LogP contribution is -2.27. The molecule has 0 fully saturated rings. The zero-order valence-corrected chi connectivity index (χ0v) is 9.62. The van der Waals surface area contributed by atoms with Gasteiger partial charge in [0.15, 0.2) is 0 Å². The summed E-state index contributed by atoms with van der Waals surface area (Å²) < 4.78 is 0. The van der Waals surface area contributed by atoms with Crippen LogP contribution in [0.2, 0.25) is 0 Å². The molecule has 2 amide bonds. The van der Waals surface area contributed by atoms with Crippen LogP contribution < -0.4 is 22.1 Å². The van der Waals surface area contributed by atoms with Crippen LogP contribution in [0.15, 0.2) is 18.2 Å². The summed E-state index contributed by atoms with van der Waals surface area (Å²) in [6.07, 6.45) is 0. The van der Waals surface area contributed by atoms with E-state index in [1.807, 2.05) is 0 Å². The van der Waals surface area contributed by atoms with Gasteiger partial charge >= 0.3 is 0 Å². The minimum atomic E-state index is -0.542. The van der Waals surface area contributed by atoms with Crippen LogP contribution in [-0.4, -0.2) is 24.9 Å². The summed E-state index contributed by atoms with van der Waals surface area (Å²) in [7, 11) is 0. The van der Waals surface area contributed by atoms with Gasteiger partial charge in [0.25, 0.3) is 5.91 Å². The van der Waals surface area contributed by atoms with Gasteiger partial charge in [0, 0.05) is 20.0 Å². The maximum atomic E-state index is 11.2. The van der Waals surface area contributed by atoms with Gasteiger partial charge < -0.3 is 22.1 Å². The van der Waals surface area contributed by atoms with Crippen LogP contribution in [0.3, 0.4) is 0 Å². The van der Waals surface area contributed by atoms with E-state index in [2.05, 4.69) is 10.6 Å². The largest absolute Gasteiger partial charge is 0.397 e. The van der Waals surface area contributed by atoms with E-state index in [9.17, 15) is 9.59 Å². The van der Waals surface area contributed by atoms with Crippen molar-refractivity contribution in [2.24, 2.45) is 5.73 Å². The number of benzene rings is 1. The Bertz CT molecular complexity index is 431. The van der Waals surface area contributed by atoms with Gasteiger partial charge in [-0.05, 0) is 12.1 Å². The number of nitrogen functional groups attached to an aromatic ring is 1. The standard InChI is InChI=1S/C11H16N4O2/c1-7(16)14-5-6-15-10-8(11(13)17)3-2-4-9(10)12/h2-4,15H,5-6,12H2,1H3,(H2,13,17)(H,14,16). The molecule has 0 aromatic heterocycles. The van der Waals surface area contributed by atoms with E-state index >= 15 is 0 Å². The first-order valence-corrected chi connectivity index (χ1v) is 5.19. The number of nitrogens with two attached hydrogens (primary N) is 2. The first-order chi connectivity index (χ1) is 8.02. The summed E-state index contributed by atoms with van der Waals surface area (Å²) in [5, 5.41) is 5.60. The molecule has 0 unspecified atom stereocenters.